The molecule has 0 aliphatic carbocycles. The van der Waals surface area contributed by atoms with Gasteiger partial charge in [0.05, 0.1) is 13.2 Å². The number of carbonyl (C=O) groups excluding carboxylic acids is 1. The van der Waals surface area contributed by atoms with Crippen molar-refractivity contribution in [2.45, 2.75) is 33.1 Å². The Bertz CT molecular complexity index is 1180. The Morgan fingerprint density at radius 2 is 1.89 bits per heavy atom. The van der Waals surface area contributed by atoms with Crippen LogP contribution in [0.2, 0.25) is 0 Å². The van der Waals surface area contributed by atoms with E-state index < -0.39 is 0 Å². The largest absolute Gasteiger partial charge is 0.476 e. The number of ether oxygens (including phenoxy) is 2. The second-order valence-corrected chi connectivity index (χ2v) is 9.33. The smallest absolute Gasteiger partial charge is 0.274 e. The van der Waals surface area contributed by atoms with E-state index in [1.165, 1.54) is 24.8 Å². The summed E-state index contributed by atoms with van der Waals surface area (Å²) in [5.41, 5.74) is 4.37. The van der Waals surface area contributed by atoms with Crippen molar-refractivity contribution in [2.75, 3.05) is 62.8 Å². The minimum atomic E-state index is -0.285. The fourth-order valence-electron chi connectivity index (χ4n) is 4.70. The lowest BCUT2D eigenvalue weighted by molar-refractivity contribution is 0.102. The van der Waals surface area contributed by atoms with Gasteiger partial charge in [-0.15, -0.1) is 0 Å². The van der Waals surface area contributed by atoms with Crippen LogP contribution in [0.1, 0.15) is 41.0 Å². The number of aromatic amines is 1. The maximum atomic E-state index is 13.2. The summed E-state index contributed by atoms with van der Waals surface area (Å²) in [6, 6.07) is 7.51. The number of fused-ring (bicyclic) bond motifs is 1. The molecule has 9 heteroatoms. The standard InChI is InChI=1S/C26H34N6O3/c1-18-19(2)27-22-7-6-20(16-21(18)22)28-25(33)23-17-24(35-15-10-31-8-4-3-5-9-31)30-26(29-23)32-11-13-34-14-12-32/h6-7,16-17,27H,3-5,8-15H2,1-2H3,(H,28,33). The van der Waals surface area contributed by atoms with Gasteiger partial charge < -0.3 is 24.7 Å². The third-order valence-electron chi connectivity index (χ3n) is 6.89. The van der Waals surface area contributed by atoms with E-state index in [9.17, 15) is 4.79 Å². The van der Waals surface area contributed by atoms with Crippen LogP contribution in [0.15, 0.2) is 24.3 Å². The van der Waals surface area contributed by atoms with Crippen molar-refractivity contribution in [3.8, 4) is 5.88 Å². The van der Waals surface area contributed by atoms with E-state index in [0.717, 1.165) is 41.9 Å². The minimum Gasteiger partial charge on any atom is -0.476 e. The van der Waals surface area contributed by atoms with E-state index in [2.05, 4.69) is 39.0 Å². The van der Waals surface area contributed by atoms with Crippen molar-refractivity contribution < 1.29 is 14.3 Å². The Labute approximate surface area is 205 Å². The van der Waals surface area contributed by atoms with Gasteiger partial charge in [0.15, 0.2) is 0 Å². The van der Waals surface area contributed by atoms with Crippen molar-refractivity contribution in [1.29, 1.82) is 0 Å². The van der Waals surface area contributed by atoms with Crippen molar-refractivity contribution in [1.82, 2.24) is 19.9 Å². The SMILES string of the molecule is Cc1[nH]c2ccc(NC(=O)c3cc(OCCN4CCCCC4)nc(N4CCOCC4)n3)cc2c1C. The van der Waals surface area contributed by atoms with Crippen molar-refractivity contribution >= 4 is 28.4 Å². The van der Waals surface area contributed by atoms with Gasteiger partial charge in [-0.05, 0) is 63.5 Å². The second-order valence-electron chi connectivity index (χ2n) is 9.33. The molecule has 2 fully saturated rings. The Morgan fingerprint density at radius 1 is 1.09 bits per heavy atom. The highest BCUT2D eigenvalue weighted by Gasteiger charge is 2.20. The van der Waals surface area contributed by atoms with Crippen LogP contribution in [0, 0.1) is 13.8 Å². The molecule has 0 saturated carbocycles. The molecule has 0 spiro atoms. The number of anilines is 2. The summed E-state index contributed by atoms with van der Waals surface area (Å²) < 4.78 is 11.5. The highest BCUT2D eigenvalue weighted by molar-refractivity contribution is 6.04. The van der Waals surface area contributed by atoms with E-state index in [1.54, 1.807) is 6.07 Å². The van der Waals surface area contributed by atoms with E-state index in [4.69, 9.17) is 9.47 Å². The van der Waals surface area contributed by atoms with Crippen LogP contribution < -0.4 is 15.0 Å². The van der Waals surface area contributed by atoms with Gasteiger partial charge in [0.1, 0.15) is 12.3 Å². The summed E-state index contributed by atoms with van der Waals surface area (Å²) in [5.74, 6) is 0.643. The summed E-state index contributed by atoms with van der Waals surface area (Å²) in [5, 5.41) is 4.10. The first-order valence-corrected chi connectivity index (χ1v) is 12.5. The van der Waals surface area contributed by atoms with Crippen LogP contribution in [0.3, 0.4) is 0 Å². The fraction of sp³-hybridized carbons (Fsp3) is 0.500. The first-order valence-electron chi connectivity index (χ1n) is 12.5. The molecular weight excluding hydrogens is 444 g/mol. The van der Waals surface area contributed by atoms with Crippen molar-refractivity contribution in [3.05, 3.63) is 41.2 Å². The Kier molecular flexibility index (Phi) is 7.15. The number of rotatable bonds is 7. The fourth-order valence-corrected chi connectivity index (χ4v) is 4.70. The van der Waals surface area contributed by atoms with Gasteiger partial charge in [-0.3, -0.25) is 9.69 Å². The minimum absolute atomic E-state index is 0.285. The quantitative estimate of drug-likeness (QED) is 0.536. The lowest BCUT2D eigenvalue weighted by Gasteiger charge is -2.27. The van der Waals surface area contributed by atoms with Gasteiger partial charge in [-0.1, -0.05) is 6.42 Å². The monoisotopic (exact) mass is 478 g/mol. The Balaban J connectivity index is 1.34. The number of piperidine rings is 1. The first kappa shape index (κ1) is 23.6. The molecule has 35 heavy (non-hydrogen) atoms. The van der Waals surface area contributed by atoms with Gasteiger partial charge in [-0.2, -0.15) is 4.98 Å². The molecule has 0 atom stereocenters. The van der Waals surface area contributed by atoms with Crippen LogP contribution in [0.4, 0.5) is 11.6 Å². The molecule has 9 nitrogen and oxygen atoms in total. The lowest BCUT2D eigenvalue weighted by Crippen LogP contribution is -2.37. The second kappa shape index (κ2) is 10.6. The molecule has 2 saturated heterocycles. The molecule has 186 valence electrons. The third kappa shape index (κ3) is 5.57. The molecule has 0 bridgehead atoms. The van der Waals surface area contributed by atoms with Crippen LogP contribution in [-0.4, -0.2) is 78.3 Å². The number of amides is 1. The normalized spacial score (nSPS) is 17.0. The number of carbonyl (C=O) groups is 1. The molecular formula is C26H34N6O3. The van der Waals surface area contributed by atoms with Gasteiger partial charge in [0, 0.05) is 48.0 Å². The third-order valence-corrected chi connectivity index (χ3v) is 6.89. The molecule has 0 radical (unpaired) electrons. The lowest BCUT2D eigenvalue weighted by atomic mass is 10.1. The highest BCUT2D eigenvalue weighted by atomic mass is 16.5. The summed E-state index contributed by atoms with van der Waals surface area (Å²) in [7, 11) is 0. The number of likely N-dealkylation sites (tertiary alicyclic amines) is 1. The molecule has 2 aromatic heterocycles. The number of aryl methyl sites for hydroxylation is 2. The Hall–Kier alpha value is -3.17. The molecule has 2 N–H and O–H groups in total. The predicted octanol–water partition coefficient (Wildman–Crippen LogP) is 3.53. The number of nitrogens with zero attached hydrogens (tertiary/aromatic N) is 4. The van der Waals surface area contributed by atoms with E-state index in [-0.39, 0.29) is 11.6 Å². The van der Waals surface area contributed by atoms with Crippen LogP contribution >= 0.6 is 0 Å². The molecule has 2 aliphatic rings. The van der Waals surface area contributed by atoms with E-state index in [0.29, 0.717) is 44.7 Å². The topological polar surface area (TPSA) is 95.6 Å². The highest BCUT2D eigenvalue weighted by Crippen LogP contribution is 2.25. The van der Waals surface area contributed by atoms with Crippen LogP contribution in [-0.2, 0) is 4.74 Å². The van der Waals surface area contributed by atoms with Crippen LogP contribution in [0.5, 0.6) is 5.88 Å². The zero-order chi connectivity index (χ0) is 24.2. The maximum Gasteiger partial charge on any atom is 0.274 e. The molecule has 1 amide bonds. The number of H-pyrrole nitrogens is 1. The number of benzene rings is 1. The van der Waals surface area contributed by atoms with Gasteiger partial charge >= 0.3 is 0 Å². The number of hydrogen-bond acceptors (Lipinski definition) is 7. The zero-order valence-corrected chi connectivity index (χ0v) is 20.6. The number of aromatic nitrogens is 3. The van der Waals surface area contributed by atoms with E-state index in [1.807, 2.05) is 23.1 Å². The van der Waals surface area contributed by atoms with Gasteiger partial charge in [0.2, 0.25) is 11.8 Å². The summed E-state index contributed by atoms with van der Waals surface area (Å²) >= 11 is 0. The molecule has 2 aliphatic heterocycles. The van der Waals surface area contributed by atoms with Crippen molar-refractivity contribution in [2.24, 2.45) is 0 Å². The number of hydrogen-bond donors (Lipinski definition) is 2. The summed E-state index contributed by atoms with van der Waals surface area (Å²) in [6.07, 6.45) is 3.79. The zero-order valence-electron chi connectivity index (χ0n) is 20.6. The maximum absolute atomic E-state index is 13.2. The van der Waals surface area contributed by atoms with E-state index >= 15 is 0 Å². The average Bonchev–Trinajstić information content (AvgIpc) is 3.18. The van der Waals surface area contributed by atoms with Crippen LogP contribution in [0.25, 0.3) is 10.9 Å². The van der Waals surface area contributed by atoms with Gasteiger partial charge in [0.25, 0.3) is 5.91 Å². The molecule has 1 aromatic carbocycles. The Morgan fingerprint density at radius 3 is 2.69 bits per heavy atom. The first-order chi connectivity index (χ1) is 17.1. The van der Waals surface area contributed by atoms with Gasteiger partial charge in [-0.25, -0.2) is 4.98 Å². The molecule has 4 heterocycles. The number of morpholine rings is 1. The van der Waals surface area contributed by atoms with Crippen molar-refractivity contribution in [3.63, 3.8) is 0 Å². The summed E-state index contributed by atoms with van der Waals surface area (Å²) in [4.78, 5) is 30.3. The average molecular weight is 479 g/mol. The predicted molar refractivity (Wildman–Crippen MR) is 137 cm³/mol. The molecule has 3 aromatic rings. The number of nitrogens with one attached hydrogen (secondary N) is 2. The summed E-state index contributed by atoms with van der Waals surface area (Å²) in [6.45, 7) is 10.3. The molecule has 5 rings (SSSR count). The molecule has 0 unspecified atom stereocenters.